The monoisotopic (exact) mass is 168 g/mol. The Kier molecular flexibility index (Phi) is 2.53. The second kappa shape index (κ2) is 3.62. The lowest BCUT2D eigenvalue weighted by molar-refractivity contribution is -0.135. The van der Waals surface area contributed by atoms with Crippen LogP contribution in [0, 0.1) is 11.3 Å². The van der Waals surface area contributed by atoms with Gasteiger partial charge in [0, 0.05) is 0 Å². The first-order valence-electron chi connectivity index (χ1n) is 3.39. The molecular formula is C7H8N2O3. The number of ether oxygens (including phenoxy) is 2. The number of rotatable bonds is 1. The number of nitrogens with zero attached hydrogens (tertiary/aromatic N) is 1. The van der Waals surface area contributed by atoms with Crippen molar-refractivity contribution < 1.29 is 14.3 Å². The van der Waals surface area contributed by atoms with Crippen molar-refractivity contribution in [1.82, 2.24) is 5.32 Å². The van der Waals surface area contributed by atoms with Crippen LogP contribution in [0.3, 0.4) is 0 Å². The minimum absolute atomic E-state index is 0.116. The van der Waals surface area contributed by atoms with E-state index in [1.807, 2.05) is 0 Å². The summed E-state index contributed by atoms with van der Waals surface area (Å²) in [6.07, 6.45) is 0. The maximum Gasteiger partial charge on any atom is 0.354 e. The van der Waals surface area contributed by atoms with Crippen molar-refractivity contribution >= 4 is 5.97 Å². The molecule has 5 heteroatoms. The fourth-order valence-electron chi connectivity index (χ4n) is 0.820. The van der Waals surface area contributed by atoms with Crippen molar-refractivity contribution in [2.75, 3.05) is 20.3 Å². The average molecular weight is 168 g/mol. The molecule has 0 unspecified atom stereocenters. The van der Waals surface area contributed by atoms with E-state index in [0.717, 1.165) is 0 Å². The molecule has 1 rings (SSSR count). The Morgan fingerprint density at radius 2 is 2.58 bits per heavy atom. The van der Waals surface area contributed by atoms with Crippen LogP contribution in [0.5, 0.6) is 0 Å². The van der Waals surface area contributed by atoms with Crippen LogP contribution in [0.15, 0.2) is 11.5 Å². The van der Waals surface area contributed by atoms with Gasteiger partial charge >= 0.3 is 5.97 Å². The topological polar surface area (TPSA) is 71.4 Å². The van der Waals surface area contributed by atoms with Crippen LogP contribution in [0.25, 0.3) is 0 Å². The maximum atomic E-state index is 10.9. The fraction of sp³-hybridized carbons (Fsp3) is 0.429. The number of hydrogen-bond donors (Lipinski definition) is 1. The molecule has 1 aliphatic heterocycles. The van der Waals surface area contributed by atoms with Crippen LogP contribution >= 0.6 is 0 Å². The lowest BCUT2D eigenvalue weighted by atomic mass is 10.3. The lowest BCUT2D eigenvalue weighted by Gasteiger charge is -2.00. The molecule has 1 aliphatic rings. The van der Waals surface area contributed by atoms with Crippen molar-refractivity contribution in [2.24, 2.45) is 0 Å². The van der Waals surface area contributed by atoms with Crippen molar-refractivity contribution in [3.63, 3.8) is 0 Å². The minimum Gasteiger partial charge on any atom is -0.476 e. The van der Waals surface area contributed by atoms with Crippen molar-refractivity contribution in [1.29, 1.82) is 5.26 Å². The number of hydrogen-bond acceptors (Lipinski definition) is 5. The number of nitrogens with one attached hydrogen (secondary N) is 1. The zero-order valence-electron chi connectivity index (χ0n) is 6.59. The van der Waals surface area contributed by atoms with E-state index in [9.17, 15) is 4.79 Å². The summed E-state index contributed by atoms with van der Waals surface area (Å²) < 4.78 is 9.35. The largest absolute Gasteiger partial charge is 0.476 e. The molecular weight excluding hydrogens is 160 g/mol. The molecule has 64 valence electrons. The number of carbonyl (C=O) groups excluding carboxylic acids is 1. The van der Waals surface area contributed by atoms with Gasteiger partial charge in [0.1, 0.15) is 12.7 Å². The zero-order valence-corrected chi connectivity index (χ0v) is 6.59. The first kappa shape index (κ1) is 8.40. The molecule has 0 aromatic heterocycles. The maximum absolute atomic E-state index is 10.9. The molecule has 0 radical (unpaired) electrons. The SMILES string of the molecule is COC(=O)/C(C#N)=C1\NCCO1. The number of methoxy groups -OCH3 is 1. The van der Waals surface area contributed by atoms with Gasteiger partial charge in [0.2, 0.25) is 5.88 Å². The van der Waals surface area contributed by atoms with Gasteiger partial charge in [-0.25, -0.2) is 4.79 Å². The van der Waals surface area contributed by atoms with Crippen LogP contribution in [0.4, 0.5) is 0 Å². The Labute approximate surface area is 69.6 Å². The second-order valence-electron chi connectivity index (χ2n) is 2.08. The highest BCUT2D eigenvalue weighted by molar-refractivity contribution is 5.93. The van der Waals surface area contributed by atoms with E-state index in [0.29, 0.717) is 13.2 Å². The number of esters is 1. The van der Waals surface area contributed by atoms with Gasteiger partial charge in [0.05, 0.1) is 13.7 Å². The molecule has 0 atom stereocenters. The van der Waals surface area contributed by atoms with Gasteiger partial charge in [-0.3, -0.25) is 0 Å². The Morgan fingerprint density at radius 1 is 1.83 bits per heavy atom. The Morgan fingerprint density at radius 3 is 3.00 bits per heavy atom. The molecule has 1 fully saturated rings. The number of nitriles is 1. The van der Waals surface area contributed by atoms with Crippen molar-refractivity contribution in [3.8, 4) is 6.07 Å². The summed E-state index contributed by atoms with van der Waals surface area (Å²) in [6, 6.07) is 1.71. The first-order valence-corrected chi connectivity index (χ1v) is 3.39. The van der Waals surface area contributed by atoms with E-state index >= 15 is 0 Å². The standard InChI is InChI=1S/C7H8N2O3/c1-11-7(10)5(4-8)6-9-2-3-12-6/h9H,2-3H2,1H3/b6-5+. The highest BCUT2D eigenvalue weighted by atomic mass is 16.5. The molecule has 1 N–H and O–H groups in total. The molecule has 12 heavy (non-hydrogen) atoms. The lowest BCUT2D eigenvalue weighted by Crippen LogP contribution is -2.13. The second-order valence-corrected chi connectivity index (χ2v) is 2.08. The highest BCUT2D eigenvalue weighted by Crippen LogP contribution is 2.07. The fourth-order valence-corrected chi connectivity index (χ4v) is 0.820. The van der Waals surface area contributed by atoms with Gasteiger partial charge in [-0.15, -0.1) is 0 Å². The summed E-state index contributed by atoms with van der Waals surface area (Å²) in [4.78, 5) is 10.9. The van der Waals surface area contributed by atoms with Crippen molar-refractivity contribution in [3.05, 3.63) is 11.5 Å². The first-order chi connectivity index (χ1) is 5.79. The quantitative estimate of drug-likeness (QED) is 0.325. The van der Waals surface area contributed by atoms with Gasteiger partial charge in [-0.1, -0.05) is 0 Å². The summed E-state index contributed by atoms with van der Waals surface area (Å²) >= 11 is 0. The Balaban J connectivity index is 2.86. The van der Waals surface area contributed by atoms with Gasteiger partial charge in [0.25, 0.3) is 0 Å². The number of carbonyl (C=O) groups is 1. The van der Waals surface area contributed by atoms with Crippen LogP contribution in [0.1, 0.15) is 0 Å². The minimum atomic E-state index is -0.679. The predicted octanol–water partition coefficient (Wildman–Crippen LogP) is -0.486. The van der Waals surface area contributed by atoms with E-state index in [-0.39, 0.29) is 11.5 Å². The smallest absolute Gasteiger partial charge is 0.354 e. The summed E-state index contributed by atoms with van der Waals surface area (Å²) in [5.74, 6) is -0.466. The van der Waals surface area contributed by atoms with E-state index in [4.69, 9.17) is 10.00 Å². The van der Waals surface area contributed by atoms with E-state index in [1.54, 1.807) is 6.07 Å². The molecule has 0 aromatic carbocycles. The van der Waals surface area contributed by atoms with Gasteiger partial charge in [-0.05, 0) is 0 Å². The van der Waals surface area contributed by atoms with Gasteiger partial charge in [-0.2, -0.15) is 5.26 Å². The summed E-state index contributed by atoms with van der Waals surface area (Å²) in [6.45, 7) is 1.08. The van der Waals surface area contributed by atoms with Crippen LogP contribution in [-0.2, 0) is 14.3 Å². The van der Waals surface area contributed by atoms with Crippen molar-refractivity contribution in [2.45, 2.75) is 0 Å². The van der Waals surface area contributed by atoms with E-state index in [2.05, 4.69) is 10.1 Å². The summed E-state index contributed by atoms with van der Waals surface area (Å²) in [7, 11) is 1.22. The third-order valence-corrected chi connectivity index (χ3v) is 1.36. The molecule has 0 amide bonds. The predicted molar refractivity (Wildman–Crippen MR) is 38.6 cm³/mol. The van der Waals surface area contributed by atoms with E-state index in [1.165, 1.54) is 7.11 Å². The molecule has 0 spiro atoms. The summed E-state index contributed by atoms with van der Waals surface area (Å²) in [5.41, 5.74) is -0.116. The Bertz CT molecular complexity index is 256. The third kappa shape index (κ3) is 1.48. The van der Waals surface area contributed by atoms with Gasteiger partial charge < -0.3 is 14.8 Å². The van der Waals surface area contributed by atoms with Crippen LogP contribution in [0.2, 0.25) is 0 Å². The molecule has 1 heterocycles. The Hall–Kier alpha value is -1.70. The van der Waals surface area contributed by atoms with Crippen LogP contribution < -0.4 is 5.32 Å². The molecule has 0 aliphatic carbocycles. The molecule has 0 bridgehead atoms. The normalized spacial score (nSPS) is 18.7. The third-order valence-electron chi connectivity index (χ3n) is 1.36. The zero-order chi connectivity index (χ0) is 8.97. The van der Waals surface area contributed by atoms with Gasteiger partial charge in [0.15, 0.2) is 5.57 Å². The molecule has 0 saturated carbocycles. The summed E-state index contributed by atoms with van der Waals surface area (Å²) in [5, 5.41) is 11.3. The molecule has 1 saturated heterocycles. The highest BCUT2D eigenvalue weighted by Gasteiger charge is 2.20. The molecule has 0 aromatic rings. The van der Waals surface area contributed by atoms with E-state index < -0.39 is 5.97 Å². The molecule has 5 nitrogen and oxygen atoms in total. The van der Waals surface area contributed by atoms with Crippen LogP contribution in [-0.4, -0.2) is 26.2 Å². The average Bonchev–Trinajstić information content (AvgIpc) is 2.58.